The molecule has 1 unspecified atom stereocenters. The van der Waals surface area contributed by atoms with Crippen LogP contribution in [-0.2, 0) is 9.53 Å². The monoisotopic (exact) mass is 225 g/mol. The van der Waals surface area contributed by atoms with Gasteiger partial charge < -0.3 is 10.1 Å². The Morgan fingerprint density at radius 3 is 2.62 bits per heavy atom. The maximum absolute atomic E-state index is 11.8. The number of hydrogen-bond donors (Lipinski definition) is 1. The molecule has 1 aliphatic carbocycles. The van der Waals surface area contributed by atoms with E-state index in [4.69, 9.17) is 4.74 Å². The normalized spacial score (nSPS) is 27.8. The Morgan fingerprint density at radius 1 is 1.44 bits per heavy atom. The lowest BCUT2D eigenvalue weighted by atomic mass is 9.68. The topological polar surface area (TPSA) is 38.3 Å². The molecular formula is C13H23NO2. The van der Waals surface area contributed by atoms with Crippen LogP contribution in [0.4, 0.5) is 0 Å². The van der Waals surface area contributed by atoms with Gasteiger partial charge in [-0.2, -0.15) is 0 Å². The molecule has 1 aliphatic heterocycles. The van der Waals surface area contributed by atoms with Crippen LogP contribution in [0, 0.1) is 5.92 Å². The van der Waals surface area contributed by atoms with Crippen LogP contribution in [0.25, 0.3) is 0 Å². The second kappa shape index (κ2) is 4.02. The van der Waals surface area contributed by atoms with E-state index in [1.807, 2.05) is 20.8 Å². The first-order chi connectivity index (χ1) is 7.41. The molecule has 0 aromatic rings. The Kier molecular flexibility index (Phi) is 2.99. The summed E-state index contributed by atoms with van der Waals surface area (Å²) in [5.41, 5.74) is -0.0627. The zero-order chi connectivity index (χ0) is 11.8. The molecule has 3 heteroatoms. The molecule has 0 aromatic heterocycles. The van der Waals surface area contributed by atoms with Gasteiger partial charge in [0, 0.05) is 5.54 Å². The molecule has 3 nitrogen and oxygen atoms in total. The lowest BCUT2D eigenvalue weighted by molar-refractivity contribution is -0.156. The highest BCUT2D eigenvalue weighted by molar-refractivity contribution is 5.70. The third-order valence-corrected chi connectivity index (χ3v) is 3.83. The van der Waals surface area contributed by atoms with Crippen molar-refractivity contribution in [3.63, 3.8) is 0 Å². The molecule has 1 heterocycles. The molecule has 2 aliphatic rings. The highest BCUT2D eigenvalue weighted by Gasteiger charge is 2.47. The number of carbonyl (C=O) groups excluding carboxylic acids is 1. The molecule has 2 rings (SSSR count). The quantitative estimate of drug-likeness (QED) is 0.733. The van der Waals surface area contributed by atoms with E-state index in [1.54, 1.807) is 0 Å². The van der Waals surface area contributed by atoms with Gasteiger partial charge in [-0.05, 0) is 58.9 Å². The number of rotatable bonds is 2. The van der Waals surface area contributed by atoms with Crippen molar-refractivity contribution in [3.05, 3.63) is 0 Å². The third kappa shape index (κ3) is 2.40. The Labute approximate surface area is 97.9 Å². The molecule has 16 heavy (non-hydrogen) atoms. The van der Waals surface area contributed by atoms with Crippen LogP contribution in [0.2, 0.25) is 0 Å². The minimum absolute atomic E-state index is 0.0347. The van der Waals surface area contributed by atoms with Gasteiger partial charge in [-0.25, -0.2) is 0 Å². The first-order valence-electron chi connectivity index (χ1n) is 6.38. The van der Waals surface area contributed by atoms with Crippen molar-refractivity contribution in [2.45, 2.75) is 64.0 Å². The van der Waals surface area contributed by atoms with Gasteiger partial charge in [0.25, 0.3) is 0 Å². The standard InChI is InChI=1S/C13H23NO2/c1-12(2,3)16-11(15)9-10-5-8-14-13(10)6-4-7-13/h10,14H,4-9H2,1-3H3. The number of carbonyl (C=O) groups is 1. The zero-order valence-electron chi connectivity index (χ0n) is 10.6. The van der Waals surface area contributed by atoms with E-state index in [2.05, 4.69) is 5.32 Å². The van der Waals surface area contributed by atoms with E-state index in [-0.39, 0.29) is 17.1 Å². The molecule has 1 saturated carbocycles. The lowest BCUT2D eigenvalue weighted by Gasteiger charge is -2.43. The molecule has 1 N–H and O–H groups in total. The van der Waals surface area contributed by atoms with E-state index in [0.29, 0.717) is 12.3 Å². The number of ether oxygens (including phenoxy) is 1. The van der Waals surface area contributed by atoms with E-state index >= 15 is 0 Å². The van der Waals surface area contributed by atoms with Crippen LogP contribution in [-0.4, -0.2) is 23.7 Å². The van der Waals surface area contributed by atoms with Gasteiger partial charge in [-0.15, -0.1) is 0 Å². The highest BCUT2D eigenvalue weighted by atomic mass is 16.6. The summed E-state index contributed by atoms with van der Waals surface area (Å²) in [6.45, 7) is 6.85. The van der Waals surface area contributed by atoms with Crippen LogP contribution < -0.4 is 5.32 Å². The van der Waals surface area contributed by atoms with E-state index in [9.17, 15) is 4.79 Å². The molecule has 0 aromatic carbocycles. The fraction of sp³-hybridized carbons (Fsp3) is 0.923. The molecule has 1 atom stereocenters. The summed E-state index contributed by atoms with van der Waals surface area (Å²) in [4.78, 5) is 11.8. The summed E-state index contributed by atoms with van der Waals surface area (Å²) in [7, 11) is 0. The minimum Gasteiger partial charge on any atom is -0.460 e. The Bertz CT molecular complexity index is 276. The van der Waals surface area contributed by atoms with Gasteiger partial charge in [-0.1, -0.05) is 0 Å². The van der Waals surface area contributed by atoms with E-state index < -0.39 is 0 Å². The average molecular weight is 225 g/mol. The fourth-order valence-electron chi connectivity index (χ4n) is 2.94. The molecule has 0 amide bonds. The molecule has 92 valence electrons. The first-order valence-corrected chi connectivity index (χ1v) is 6.38. The summed E-state index contributed by atoms with van der Waals surface area (Å²) >= 11 is 0. The van der Waals surface area contributed by atoms with Crippen LogP contribution >= 0.6 is 0 Å². The van der Waals surface area contributed by atoms with Crippen molar-refractivity contribution in [1.82, 2.24) is 5.32 Å². The molecule has 0 bridgehead atoms. The number of nitrogens with one attached hydrogen (secondary N) is 1. The fourth-order valence-corrected chi connectivity index (χ4v) is 2.94. The summed E-state index contributed by atoms with van der Waals surface area (Å²) in [5.74, 6) is 0.462. The van der Waals surface area contributed by atoms with Gasteiger partial charge in [0.2, 0.25) is 0 Å². The Morgan fingerprint density at radius 2 is 2.12 bits per heavy atom. The lowest BCUT2D eigenvalue weighted by Crippen LogP contribution is -2.51. The minimum atomic E-state index is -0.351. The summed E-state index contributed by atoms with van der Waals surface area (Å²) < 4.78 is 5.39. The van der Waals surface area contributed by atoms with Crippen LogP contribution in [0.1, 0.15) is 52.9 Å². The van der Waals surface area contributed by atoms with Crippen LogP contribution in [0.3, 0.4) is 0 Å². The van der Waals surface area contributed by atoms with Crippen LogP contribution in [0.5, 0.6) is 0 Å². The highest BCUT2D eigenvalue weighted by Crippen LogP contribution is 2.44. The first kappa shape index (κ1) is 11.9. The van der Waals surface area contributed by atoms with Crippen molar-refractivity contribution in [2.75, 3.05) is 6.54 Å². The summed E-state index contributed by atoms with van der Waals surface area (Å²) in [5, 5.41) is 3.58. The van der Waals surface area contributed by atoms with Gasteiger partial charge in [0.1, 0.15) is 5.60 Å². The van der Waals surface area contributed by atoms with Gasteiger partial charge in [0.05, 0.1) is 6.42 Å². The van der Waals surface area contributed by atoms with Crippen molar-refractivity contribution >= 4 is 5.97 Å². The Hall–Kier alpha value is -0.570. The molecule has 1 saturated heterocycles. The number of hydrogen-bond acceptors (Lipinski definition) is 3. The van der Waals surface area contributed by atoms with Crippen molar-refractivity contribution in [2.24, 2.45) is 5.92 Å². The molecule has 2 fully saturated rings. The van der Waals surface area contributed by atoms with Crippen LogP contribution in [0.15, 0.2) is 0 Å². The van der Waals surface area contributed by atoms with Crippen molar-refractivity contribution in [1.29, 1.82) is 0 Å². The van der Waals surface area contributed by atoms with E-state index in [0.717, 1.165) is 13.0 Å². The average Bonchev–Trinajstić information content (AvgIpc) is 2.42. The third-order valence-electron chi connectivity index (χ3n) is 3.83. The second-order valence-corrected chi connectivity index (χ2v) is 6.21. The summed E-state index contributed by atoms with van der Waals surface area (Å²) in [6.07, 6.45) is 5.49. The maximum atomic E-state index is 11.8. The van der Waals surface area contributed by atoms with Crippen molar-refractivity contribution < 1.29 is 9.53 Å². The van der Waals surface area contributed by atoms with E-state index in [1.165, 1.54) is 19.3 Å². The van der Waals surface area contributed by atoms with Gasteiger partial charge >= 0.3 is 5.97 Å². The molecule has 1 spiro atoms. The maximum Gasteiger partial charge on any atom is 0.306 e. The van der Waals surface area contributed by atoms with Crippen molar-refractivity contribution in [3.8, 4) is 0 Å². The molecular weight excluding hydrogens is 202 g/mol. The zero-order valence-corrected chi connectivity index (χ0v) is 10.6. The number of esters is 1. The smallest absolute Gasteiger partial charge is 0.306 e. The predicted molar refractivity (Wildman–Crippen MR) is 63.2 cm³/mol. The Balaban J connectivity index is 1.87. The summed E-state index contributed by atoms with van der Waals surface area (Å²) in [6, 6.07) is 0. The molecule has 0 radical (unpaired) electrons. The SMILES string of the molecule is CC(C)(C)OC(=O)CC1CCNC12CCC2. The predicted octanol–water partition coefficient (Wildman–Crippen LogP) is 2.25. The largest absolute Gasteiger partial charge is 0.460 e. The van der Waals surface area contributed by atoms with Gasteiger partial charge in [0.15, 0.2) is 0 Å². The second-order valence-electron chi connectivity index (χ2n) is 6.21. The van der Waals surface area contributed by atoms with Gasteiger partial charge in [-0.3, -0.25) is 4.79 Å².